The Morgan fingerprint density at radius 2 is 1.59 bits per heavy atom. The highest BCUT2D eigenvalue weighted by atomic mass is 16.2. The maximum absolute atomic E-state index is 12.4. The molecule has 0 bridgehead atoms. The van der Waals surface area contributed by atoms with E-state index in [0.29, 0.717) is 11.3 Å². The quantitative estimate of drug-likeness (QED) is 0.606. The summed E-state index contributed by atoms with van der Waals surface area (Å²) in [5, 5.41) is 10.1. The Morgan fingerprint density at radius 1 is 0.897 bits per heavy atom. The first-order valence-corrected chi connectivity index (χ1v) is 9.37. The molecule has 0 radical (unpaired) electrons. The zero-order valence-electron chi connectivity index (χ0n) is 16.4. The van der Waals surface area contributed by atoms with Gasteiger partial charge in [-0.15, -0.1) is 0 Å². The van der Waals surface area contributed by atoms with Gasteiger partial charge in [0, 0.05) is 18.3 Å². The fourth-order valence-corrected chi connectivity index (χ4v) is 3.08. The molecule has 148 valence electrons. The Morgan fingerprint density at radius 3 is 2.31 bits per heavy atom. The molecule has 0 aliphatic carbocycles. The second-order valence-corrected chi connectivity index (χ2v) is 6.75. The van der Waals surface area contributed by atoms with Crippen LogP contribution in [0.15, 0.2) is 66.7 Å². The monoisotopic (exact) mass is 389 g/mol. The fourth-order valence-electron chi connectivity index (χ4n) is 3.08. The number of rotatable bonds is 6. The second-order valence-electron chi connectivity index (χ2n) is 6.75. The third kappa shape index (κ3) is 4.99. The van der Waals surface area contributed by atoms with Crippen LogP contribution in [0, 0.1) is 0 Å². The van der Waals surface area contributed by atoms with Crippen LogP contribution in [0.25, 0.3) is 10.8 Å². The lowest BCUT2D eigenvalue weighted by Gasteiger charge is -2.15. The average molecular weight is 389 g/mol. The summed E-state index contributed by atoms with van der Waals surface area (Å²) in [5.41, 5.74) is 1.97. The Balaban J connectivity index is 1.59. The molecule has 0 spiro atoms. The Bertz CT molecular complexity index is 1040. The first kappa shape index (κ1) is 20.1. The summed E-state index contributed by atoms with van der Waals surface area (Å²) in [6.07, 6.45) is 0.194. The summed E-state index contributed by atoms with van der Waals surface area (Å²) in [7, 11) is 1.56. The number of benzene rings is 3. The SMILES string of the molecule is CNC(=O)c1ccc(NC(=O)[C@@H](C)NC(=O)Cc2cccc3ccccc23)cc1. The highest BCUT2D eigenvalue weighted by Gasteiger charge is 2.17. The number of hydrogen-bond acceptors (Lipinski definition) is 3. The standard InChI is InChI=1S/C23H23N3O3/c1-15(22(28)26-19-12-10-17(11-13-19)23(29)24-2)25-21(27)14-18-8-5-7-16-6-3-4-9-20(16)18/h3-13,15H,14H2,1-2H3,(H,24,29)(H,25,27)(H,26,28)/t15-/m1/s1. The van der Waals surface area contributed by atoms with Gasteiger partial charge >= 0.3 is 0 Å². The van der Waals surface area contributed by atoms with E-state index in [1.54, 1.807) is 38.2 Å². The molecular weight excluding hydrogens is 366 g/mol. The van der Waals surface area contributed by atoms with Crippen molar-refractivity contribution in [1.82, 2.24) is 10.6 Å². The maximum atomic E-state index is 12.4. The predicted octanol–water partition coefficient (Wildman–Crippen LogP) is 2.89. The summed E-state index contributed by atoms with van der Waals surface area (Å²) in [6.45, 7) is 1.63. The molecule has 0 aliphatic rings. The molecule has 0 aliphatic heterocycles. The molecule has 3 rings (SSSR count). The van der Waals surface area contributed by atoms with Crippen molar-refractivity contribution in [2.45, 2.75) is 19.4 Å². The van der Waals surface area contributed by atoms with Gasteiger partial charge in [0.25, 0.3) is 5.91 Å². The van der Waals surface area contributed by atoms with Crippen LogP contribution < -0.4 is 16.0 Å². The third-order valence-corrected chi connectivity index (χ3v) is 4.64. The first-order chi connectivity index (χ1) is 14.0. The van der Waals surface area contributed by atoms with Gasteiger partial charge in [0.1, 0.15) is 6.04 Å². The zero-order valence-corrected chi connectivity index (χ0v) is 16.4. The van der Waals surface area contributed by atoms with Gasteiger partial charge in [0.05, 0.1) is 6.42 Å². The van der Waals surface area contributed by atoms with Crippen LogP contribution in [0.1, 0.15) is 22.8 Å². The van der Waals surface area contributed by atoms with E-state index in [-0.39, 0.29) is 24.1 Å². The van der Waals surface area contributed by atoms with E-state index in [4.69, 9.17) is 0 Å². The molecule has 29 heavy (non-hydrogen) atoms. The van der Waals surface area contributed by atoms with E-state index in [2.05, 4.69) is 16.0 Å². The van der Waals surface area contributed by atoms with Crippen molar-refractivity contribution in [2.75, 3.05) is 12.4 Å². The summed E-state index contributed by atoms with van der Waals surface area (Å²) in [6, 6.07) is 19.6. The molecular formula is C23H23N3O3. The number of carbonyl (C=O) groups excluding carboxylic acids is 3. The van der Waals surface area contributed by atoms with Gasteiger partial charge in [-0.25, -0.2) is 0 Å². The van der Waals surface area contributed by atoms with E-state index in [0.717, 1.165) is 16.3 Å². The van der Waals surface area contributed by atoms with Gasteiger partial charge in [-0.05, 0) is 47.5 Å². The van der Waals surface area contributed by atoms with Crippen molar-refractivity contribution in [2.24, 2.45) is 0 Å². The van der Waals surface area contributed by atoms with Crippen molar-refractivity contribution in [3.8, 4) is 0 Å². The van der Waals surface area contributed by atoms with E-state index >= 15 is 0 Å². The molecule has 0 aromatic heterocycles. The van der Waals surface area contributed by atoms with Gasteiger partial charge in [0.2, 0.25) is 11.8 Å². The first-order valence-electron chi connectivity index (χ1n) is 9.37. The van der Waals surface area contributed by atoms with E-state index in [9.17, 15) is 14.4 Å². The van der Waals surface area contributed by atoms with Crippen molar-refractivity contribution >= 4 is 34.2 Å². The maximum Gasteiger partial charge on any atom is 0.251 e. The van der Waals surface area contributed by atoms with Crippen LogP contribution in [-0.4, -0.2) is 30.8 Å². The number of nitrogens with one attached hydrogen (secondary N) is 3. The van der Waals surface area contributed by atoms with Crippen LogP contribution in [0.3, 0.4) is 0 Å². The van der Waals surface area contributed by atoms with Crippen LogP contribution in [-0.2, 0) is 16.0 Å². The van der Waals surface area contributed by atoms with Gasteiger partial charge in [-0.1, -0.05) is 42.5 Å². The van der Waals surface area contributed by atoms with Crippen molar-refractivity contribution in [1.29, 1.82) is 0 Å². The second kappa shape index (κ2) is 9.01. The van der Waals surface area contributed by atoms with Crippen molar-refractivity contribution < 1.29 is 14.4 Å². The Labute approximate surface area is 169 Å². The molecule has 0 saturated carbocycles. The number of amides is 3. The van der Waals surface area contributed by atoms with Gasteiger partial charge in [-0.3, -0.25) is 14.4 Å². The van der Waals surface area contributed by atoms with Crippen LogP contribution in [0.2, 0.25) is 0 Å². The lowest BCUT2D eigenvalue weighted by molar-refractivity contribution is -0.125. The number of anilines is 1. The molecule has 3 amide bonds. The van der Waals surface area contributed by atoms with Gasteiger partial charge in [0.15, 0.2) is 0 Å². The molecule has 3 aromatic carbocycles. The van der Waals surface area contributed by atoms with Gasteiger partial charge in [-0.2, -0.15) is 0 Å². The highest BCUT2D eigenvalue weighted by molar-refractivity contribution is 5.99. The summed E-state index contributed by atoms with van der Waals surface area (Å²) >= 11 is 0. The molecule has 6 nitrogen and oxygen atoms in total. The third-order valence-electron chi connectivity index (χ3n) is 4.64. The molecule has 3 N–H and O–H groups in total. The van der Waals surface area contributed by atoms with Gasteiger partial charge < -0.3 is 16.0 Å². The largest absolute Gasteiger partial charge is 0.355 e. The highest BCUT2D eigenvalue weighted by Crippen LogP contribution is 2.19. The lowest BCUT2D eigenvalue weighted by atomic mass is 10.0. The average Bonchev–Trinajstić information content (AvgIpc) is 2.74. The molecule has 0 heterocycles. The fraction of sp³-hybridized carbons (Fsp3) is 0.174. The van der Waals surface area contributed by atoms with Crippen molar-refractivity contribution in [3.63, 3.8) is 0 Å². The smallest absolute Gasteiger partial charge is 0.251 e. The molecule has 0 saturated heterocycles. The number of fused-ring (bicyclic) bond motifs is 1. The molecule has 3 aromatic rings. The van der Waals surface area contributed by atoms with Crippen molar-refractivity contribution in [3.05, 3.63) is 77.9 Å². The summed E-state index contributed by atoms with van der Waals surface area (Å²) in [5.74, 6) is -0.750. The predicted molar refractivity (Wildman–Crippen MR) is 114 cm³/mol. The topological polar surface area (TPSA) is 87.3 Å². The Hall–Kier alpha value is -3.67. The minimum Gasteiger partial charge on any atom is -0.355 e. The number of carbonyl (C=O) groups is 3. The zero-order chi connectivity index (χ0) is 20.8. The molecule has 0 unspecified atom stereocenters. The van der Waals surface area contributed by atoms with E-state index < -0.39 is 6.04 Å². The van der Waals surface area contributed by atoms with Crippen LogP contribution in [0.5, 0.6) is 0 Å². The Kier molecular flexibility index (Phi) is 6.24. The van der Waals surface area contributed by atoms with Crippen LogP contribution in [0.4, 0.5) is 5.69 Å². The normalized spacial score (nSPS) is 11.5. The molecule has 1 atom stereocenters. The van der Waals surface area contributed by atoms with E-state index in [1.165, 1.54) is 0 Å². The minimum atomic E-state index is -0.698. The summed E-state index contributed by atoms with van der Waals surface area (Å²) < 4.78 is 0. The summed E-state index contributed by atoms with van der Waals surface area (Å²) in [4.78, 5) is 36.4. The van der Waals surface area contributed by atoms with Crippen LogP contribution >= 0.6 is 0 Å². The van der Waals surface area contributed by atoms with E-state index in [1.807, 2.05) is 42.5 Å². The molecule has 6 heteroatoms. The molecule has 0 fully saturated rings. The number of hydrogen-bond donors (Lipinski definition) is 3. The lowest BCUT2D eigenvalue weighted by Crippen LogP contribution is -2.42. The minimum absolute atomic E-state index is 0.194.